The van der Waals surface area contributed by atoms with Crippen molar-refractivity contribution < 1.29 is 9.53 Å². The Kier molecular flexibility index (Phi) is 9.21. The number of likely N-dealkylation sites (tertiary alicyclic amines) is 1. The van der Waals surface area contributed by atoms with Crippen LogP contribution in [-0.2, 0) is 17.8 Å². The van der Waals surface area contributed by atoms with Crippen LogP contribution >= 0.6 is 36.2 Å². The minimum Gasteiger partial charge on any atom is -0.486 e. The third-order valence-corrected chi connectivity index (χ3v) is 5.85. The number of aryl methyl sites for hydroxylation is 1. The summed E-state index contributed by atoms with van der Waals surface area (Å²) in [5.41, 5.74) is 8.14. The van der Waals surface area contributed by atoms with Crippen LogP contribution in [0.1, 0.15) is 36.5 Å². The molecule has 0 radical (unpaired) electrons. The second kappa shape index (κ2) is 10.4. The number of hydrogen-bond donors (Lipinski definition) is 1. The molecule has 2 aromatic rings. The third kappa shape index (κ3) is 6.34. The van der Waals surface area contributed by atoms with E-state index in [-0.39, 0.29) is 42.2 Å². The Bertz CT molecular complexity index is 765. The largest absolute Gasteiger partial charge is 0.486 e. The minimum atomic E-state index is -0.0387. The number of aromatic nitrogens is 1. The molecule has 1 aromatic carbocycles. The maximum absolute atomic E-state index is 12.6. The quantitative estimate of drug-likeness (QED) is 0.754. The van der Waals surface area contributed by atoms with Crippen molar-refractivity contribution in [3.05, 3.63) is 45.9 Å². The van der Waals surface area contributed by atoms with Crippen molar-refractivity contribution in [1.29, 1.82) is 0 Å². The molecule has 2 N–H and O–H groups in total. The SMILES string of the molecule is Cc1ccc(OCc2nc(CC(=O)N3CCC(N)C(C)(C)C3)cs2)cc1.Cl.Cl. The van der Waals surface area contributed by atoms with Crippen LogP contribution in [0.3, 0.4) is 0 Å². The van der Waals surface area contributed by atoms with E-state index in [1.54, 1.807) is 0 Å². The van der Waals surface area contributed by atoms with Crippen molar-refractivity contribution >= 4 is 42.1 Å². The van der Waals surface area contributed by atoms with Crippen LogP contribution in [0.15, 0.2) is 29.6 Å². The van der Waals surface area contributed by atoms with Crippen LogP contribution in [-0.4, -0.2) is 34.9 Å². The number of nitrogens with two attached hydrogens (primary N) is 1. The van der Waals surface area contributed by atoms with Crippen LogP contribution < -0.4 is 10.5 Å². The van der Waals surface area contributed by atoms with E-state index in [4.69, 9.17) is 10.5 Å². The first kappa shape index (κ1) is 24.7. The topological polar surface area (TPSA) is 68.5 Å². The fourth-order valence-electron chi connectivity index (χ4n) is 3.13. The first-order valence-electron chi connectivity index (χ1n) is 8.99. The lowest BCUT2D eigenvalue weighted by molar-refractivity contribution is -0.133. The number of halogens is 2. The summed E-state index contributed by atoms with van der Waals surface area (Å²) in [7, 11) is 0. The molecule has 5 nitrogen and oxygen atoms in total. The zero-order chi connectivity index (χ0) is 18.7. The molecule has 1 aliphatic heterocycles. The highest BCUT2D eigenvalue weighted by Gasteiger charge is 2.35. The first-order chi connectivity index (χ1) is 12.3. The fraction of sp³-hybridized carbons (Fsp3) is 0.500. The summed E-state index contributed by atoms with van der Waals surface area (Å²) < 4.78 is 5.76. The highest BCUT2D eigenvalue weighted by Crippen LogP contribution is 2.28. The molecule has 156 valence electrons. The molecule has 1 fully saturated rings. The molecule has 1 aromatic heterocycles. The molecule has 1 aliphatic rings. The average molecular weight is 446 g/mol. The van der Waals surface area contributed by atoms with Gasteiger partial charge in [-0.1, -0.05) is 31.5 Å². The number of rotatable bonds is 5. The van der Waals surface area contributed by atoms with Gasteiger partial charge < -0.3 is 15.4 Å². The van der Waals surface area contributed by atoms with E-state index in [0.717, 1.165) is 29.4 Å². The van der Waals surface area contributed by atoms with Crippen LogP contribution in [0, 0.1) is 12.3 Å². The van der Waals surface area contributed by atoms with E-state index in [9.17, 15) is 4.79 Å². The second-order valence-electron chi connectivity index (χ2n) is 7.71. The molecule has 1 amide bonds. The number of ether oxygens (including phenoxy) is 1. The highest BCUT2D eigenvalue weighted by atomic mass is 35.5. The normalized spacial score (nSPS) is 18.0. The molecule has 0 aliphatic carbocycles. The number of amides is 1. The van der Waals surface area contributed by atoms with Gasteiger partial charge in [0.05, 0.1) is 12.1 Å². The van der Waals surface area contributed by atoms with Crippen molar-refractivity contribution in [3.63, 3.8) is 0 Å². The number of nitrogens with zero attached hydrogens (tertiary/aromatic N) is 2. The van der Waals surface area contributed by atoms with Crippen molar-refractivity contribution in [2.45, 2.75) is 46.3 Å². The predicted molar refractivity (Wildman–Crippen MR) is 119 cm³/mol. The smallest absolute Gasteiger partial charge is 0.228 e. The molecule has 0 bridgehead atoms. The van der Waals surface area contributed by atoms with Crippen molar-refractivity contribution in [2.24, 2.45) is 11.1 Å². The number of thiazole rings is 1. The third-order valence-electron chi connectivity index (χ3n) is 4.98. The van der Waals surface area contributed by atoms with E-state index < -0.39 is 0 Å². The highest BCUT2D eigenvalue weighted by molar-refractivity contribution is 7.09. The lowest BCUT2D eigenvalue weighted by Crippen LogP contribution is -2.54. The fourth-order valence-corrected chi connectivity index (χ4v) is 3.83. The zero-order valence-electron chi connectivity index (χ0n) is 16.5. The monoisotopic (exact) mass is 445 g/mol. The van der Waals surface area contributed by atoms with Gasteiger partial charge in [-0.15, -0.1) is 36.2 Å². The maximum Gasteiger partial charge on any atom is 0.228 e. The van der Waals surface area contributed by atoms with Crippen LogP contribution in [0.2, 0.25) is 0 Å². The Balaban J connectivity index is 0.00000196. The molecule has 2 heterocycles. The first-order valence-corrected chi connectivity index (χ1v) is 9.87. The van der Waals surface area contributed by atoms with E-state index >= 15 is 0 Å². The van der Waals surface area contributed by atoms with Gasteiger partial charge in [-0.3, -0.25) is 4.79 Å². The van der Waals surface area contributed by atoms with Gasteiger partial charge in [0.25, 0.3) is 0 Å². The standard InChI is InChI=1S/C20H27N3O2S.2ClH/c1-14-4-6-16(7-5-14)25-11-18-22-15(12-26-18)10-19(24)23-9-8-17(21)20(2,3)13-23;;/h4-7,12,17H,8-11,13,21H2,1-3H3;2*1H. The Morgan fingerprint density at radius 1 is 1.32 bits per heavy atom. The van der Waals surface area contributed by atoms with E-state index in [1.165, 1.54) is 16.9 Å². The molecule has 1 saturated heterocycles. The summed E-state index contributed by atoms with van der Waals surface area (Å²) in [6, 6.07) is 8.10. The van der Waals surface area contributed by atoms with Crippen LogP contribution in [0.25, 0.3) is 0 Å². The van der Waals surface area contributed by atoms with Gasteiger partial charge in [-0.05, 0) is 30.9 Å². The Hall–Kier alpha value is -1.34. The molecular formula is C20H29Cl2N3O2S. The molecule has 28 heavy (non-hydrogen) atoms. The predicted octanol–water partition coefficient (Wildman–Crippen LogP) is 4.00. The maximum atomic E-state index is 12.6. The number of benzene rings is 1. The number of carbonyl (C=O) groups excluding carboxylic acids is 1. The van der Waals surface area contributed by atoms with Gasteiger partial charge in [0.2, 0.25) is 5.91 Å². The molecule has 1 unspecified atom stereocenters. The van der Waals surface area contributed by atoms with Crippen molar-refractivity contribution in [1.82, 2.24) is 9.88 Å². The summed E-state index contributed by atoms with van der Waals surface area (Å²) in [4.78, 5) is 19.1. The molecular weight excluding hydrogens is 417 g/mol. The molecule has 3 rings (SSSR count). The van der Waals surface area contributed by atoms with E-state index in [2.05, 4.69) is 18.8 Å². The zero-order valence-corrected chi connectivity index (χ0v) is 19.0. The molecule has 0 saturated carbocycles. The van der Waals surface area contributed by atoms with Gasteiger partial charge in [-0.2, -0.15) is 0 Å². The lowest BCUT2D eigenvalue weighted by atomic mass is 9.79. The lowest BCUT2D eigenvalue weighted by Gasteiger charge is -2.42. The van der Waals surface area contributed by atoms with Crippen LogP contribution in [0.4, 0.5) is 0 Å². The van der Waals surface area contributed by atoms with Gasteiger partial charge >= 0.3 is 0 Å². The number of piperidine rings is 1. The average Bonchev–Trinajstić information content (AvgIpc) is 3.04. The van der Waals surface area contributed by atoms with Crippen molar-refractivity contribution in [3.8, 4) is 5.75 Å². The summed E-state index contributed by atoms with van der Waals surface area (Å²) in [5.74, 6) is 0.955. The molecule has 1 atom stereocenters. The van der Waals surface area contributed by atoms with Gasteiger partial charge in [0.1, 0.15) is 17.4 Å². The Morgan fingerprint density at radius 3 is 2.64 bits per heavy atom. The minimum absolute atomic E-state index is 0. The van der Waals surface area contributed by atoms with Gasteiger partial charge in [0, 0.05) is 24.5 Å². The van der Waals surface area contributed by atoms with Crippen molar-refractivity contribution in [2.75, 3.05) is 13.1 Å². The number of carbonyl (C=O) groups is 1. The molecule has 8 heteroatoms. The second-order valence-corrected chi connectivity index (χ2v) is 8.65. The summed E-state index contributed by atoms with van der Waals surface area (Å²) >= 11 is 1.53. The van der Waals surface area contributed by atoms with Gasteiger partial charge in [-0.25, -0.2) is 4.98 Å². The number of hydrogen-bond acceptors (Lipinski definition) is 5. The Morgan fingerprint density at radius 2 is 2.00 bits per heavy atom. The van der Waals surface area contributed by atoms with E-state index in [1.807, 2.05) is 41.5 Å². The molecule has 0 spiro atoms. The summed E-state index contributed by atoms with van der Waals surface area (Å²) in [6.45, 7) is 8.16. The summed E-state index contributed by atoms with van der Waals surface area (Å²) in [5, 5.41) is 2.83. The van der Waals surface area contributed by atoms with Gasteiger partial charge in [0.15, 0.2) is 0 Å². The van der Waals surface area contributed by atoms with Crippen LogP contribution in [0.5, 0.6) is 5.75 Å². The Labute approximate surface area is 183 Å². The van der Waals surface area contributed by atoms with E-state index in [0.29, 0.717) is 19.6 Å². The summed E-state index contributed by atoms with van der Waals surface area (Å²) in [6.07, 6.45) is 1.19.